The Hall–Kier alpha value is -0.260. The summed E-state index contributed by atoms with van der Waals surface area (Å²) in [5, 5.41) is 0. The first-order valence-corrected chi connectivity index (χ1v) is 4.80. The van der Waals surface area contributed by atoms with Crippen LogP contribution in [0.3, 0.4) is 0 Å². The van der Waals surface area contributed by atoms with Crippen LogP contribution in [0.2, 0.25) is 0 Å². The fourth-order valence-electron chi connectivity index (χ4n) is 1.74. The van der Waals surface area contributed by atoms with Gasteiger partial charge in [0.2, 0.25) is 0 Å². The van der Waals surface area contributed by atoms with E-state index in [1.54, 1.807) is 5.57 Å². The fraction of sp³-hybridized carbons (Fsp3) is 0.818. The zero-order valence-corrected chi connectivity index (χ0v) is 8.22. The molecule has 0 bridgehead atoms. The van der Waals surface area contributed by atoms with Gasteiger partial charge >= 0.3 is 0 Å². The van der Waals surface area contributed by atoms with Gasteiger partial charge < -0.3 is 0 Å². The Morgan fingerprint density at radius 3 is 2.18 bits per heavy atom. The second-order valence-corrected chi connectivity index (χ2v) is 4.38. The van der Waals surface area contributed by atoms with Crippen molar-refractivity contribution < 1.29 is 0 Å². The highest BCUT2D eigenvalue weighted by atomic mass is 14.3. The standard InChI is InChI=1S/C11H20/c1-8(2)7-9(3)10(4)11-5-6-11/h5,8-10H,6-7H2,1-4H3. The van der Waals surface area contributed by atoms with Gasteiger partial charge in [-0.3, -0.25) is 0 Å². The summed E-state index contributed by atoms with van der Waals surface area (Å²) < 4.78 is 0. The SMILES string of the molecule is CC(C)CC(C)C(C)C1=CC1. The zero-order chi connectivity index (χ0) is 8.43. The van der Waals surface area contributed by atoms with Crippen LogP contribution in [0.5, 0.6) is 0 Å². The van der Waals surface area contributed by atoms with E-state index in [9.17, 15) is 0 Å². The number of hydrogen-bond donors (Lipinski definition) is 0. The Bertz CT molecular complexity index is 153. The molecule has 64 valence electrons. The fourth-order valence-corrected chi connectivity index (χ4v) is 1.74. The van der Waals surface area contributed by atoms with Crippen molar-refractivity contribution in [1.82, 2.24) is 0 Å². The summed E-state index contributed by atoms with van der Waals surface area (Å²) in [7, 11) is 0. The molecule has 0 nitrogen and oxygen atoms in total. The summed E-state index contributed by atoms with van der Waals surface area (Å²) >= 11 is 0. The van der Waals surface area contributed by atoms with Crippen LogP contribution in [0.4, 0.5) is 0 Å². The molecule has 1 rings (SSSR count). The molecule has 0 amide bonds. The molecule has 2 unspecified atom stereocenters. The van der Waals surface area contributed by atoms with Crippen LogP contribution in [-0.2, 0) is 0 Å². The van der Waals surface area contributed by atoms with Gasteiger partial charge in [-0.25, -0.2) is 0 Å². The van der Waals surface area contributed by atoms with E-state index >= 15 is 0 Å². The lowest BCUT2D eigenvalue weighted by Gasteiger charge is -2.19. The summed E-state index contributed by atoms with van der Waals surface area (Å²) in [6, 6.07) is 0. The minimum Gasteiger partial charge on any atom is -0.0807 e. The normalized spacial score (nSPS) is 21.4. The van der Waals surface area contributed by atoms with Crippen LogP contribution in [0.25, 0.3) is 0 Å². The maximum Gasteiger partial charge on any atom is -0.0133 e. The van der Waals surface area contributed by atoms with E-state index in [1.165, 1.54) is 12.8 Å². The van der Waals surface area contributed by atoms with E-state index in [2.05, 4.69) is 33.8 Å². The van der Waals surface area contributed by atoms with Gasteiger partial charge in [-0.05, 0) is 30.6 Å². The molecule has 0 aromatic rings. The molecule has 11 heavy (non-hydrogen) atoms. The second-order valence-electron chi connectivity index (χ2n) is 4.38. The first-order valence-electron chi connectivity index (χ1n) is 4.80. The Balaban J connectivity index is 2.27. The molecule has 0 heteroatoms. The molecular weight excluding hydrogens is 132 g/mol. The highest BCUT2D eigenvalue weighted by Crippen LogP contribution is 2.34. The quantitative estimate of drug-likeness (QED) is 0.539. The van der Waals surface area contributed by atoms with Crippen molar-refractivity contribution in [2.45, 2.75) is 40.5 Å². The Labute approximate surface area is 70.7 Å². The highest BCUT2D eigenvalue weighted by molar-refractivity contribution is 5.24. The van der Waals surface area contributed by atoms with Crippen LogP contribution in [0, 0.1) is 17.8 Å². The minimum atomic E-state index is 0.845. The van der Waals surface area contributed by atoms with E-state index in [0.717, 1.165) is 17.8 Å². The molecule has 0 fully saturated rings. The maximum atomic E-state index is 2.38. The predicted molar refractivity (Wildman–Crippen MR) is 50.5 cm³/mol. The van der Waals surface area contributed by atoms with Gasteiger partial charge in [0.25, 0.3) is 0 Å². The van der Waals surface area contributed by atoms with E-state index in [1.807, 2.05) is 0 Å². The first-order chi connectivity index (χ1) is 5.11. The molecule has 0 saturated heterocycles. The van der Waals surface area contributed by atoms with Gasteiger partial charge in [-0.2, -0.15) is 0 Å². The van der Waals surface area contributed by atoms with Gasteiger partial charge in [0, 0.05) is 0 Å². The molecule has 0 aromatic carbocycles. The van der Waals surface area contributed by atoms with Crippen molar-refractivity contribution >= 4 is 0 Å². The molecule has 0 heterocycles. The lowest BCUT2D eigenvalue weighted by Crippen LogP contribution is -2.09. The summed E-state index contributed by atoms with van der Waals surface area (Å²) in [5.41, 5.74) is 1.69. The summed E-state index contributed by atoms with van der Waals surface area (Å²) in [5.74, 6) is 2.58. The Morgan fingerprint density at radius 2 is 1.82 bits per heavy atom. The molecule has 0 saturated carbocycles. The zero-order valence-electron chi connectivity index (χ0n) is 8.22. The van der Waals surface area contributed by atoms with Crippen molar-refractivity contribution in [3.63, 3.8) is 0 Å². The van der Waals surface area contributed by atoms with Crippen molar-refractivity contribution in [3.05, 3.63) is 11.6 Å². The molecule has 1 aliphatic carbocycles. The predicted octanol–water partition coefficient (Wildman–Crippen LogP) is 3.63. The van der Waals surface area contributed by atoms with E-state index < -0.39 is 0 Å². The second kappa shape index (κ2) is 3.42. The topological polar surface area (TPSA) is 0 Å². The monoisotopic (exact) mass is 152 g/mol. The number of allylic oxidation sites excluding steroid dienone is 2. The third-order valence-corrected chi connectivity index (χ3v) is 2.72. The Morgan fingerprint density at radius 1 is 1.27 bits per heavy atom. The minimum absolute atomic E-state index is 0.845. The van der Waals surface area contributed by atoms with Crippen LogP contribution in [-0.4, -0.2) is 0 Å². The number of hydrogen-bond acceptors (Lipinski definition) is 0. The van der Waals surface area contributed by atoms with Gasteiger partial charge in [0.1, 0.15) is 0 Å². The highest BCUT2D eigenvalue weighted by Gasteiger charge is 2.21. The van der Waals surface area contributed by atoms with Crippen molar-refractivity contribution in [1.29, 1.82) is 0 Å². The molecule has 0 N–H and O–H groups in total. The van der Waals surface area contributed by atoms with Crippen LogP contribution >= 0.6 is 0 Å². The Kier molecular flexibility index (Phi) is 2.75. The van der Waals surface area contributed by atoms with Gasteiger partial charge in [-0.1, -0.05) is 39.3 Å². The third-order valence-electron chi connectivity index (χ3n) is 2.72. The van der Waals surface area contributed by atoms with E-state index in [-0.39, 0.29) is 0 Å². The first kappa shape index (κ1) is 8.83. The van der Waals surface area contributed by atoms with E-state index in [4.69, 9.17) is 0 Å². The maximum absolute atomic E-state index is 2.38. The van der Waals surface area contributed by atoms with Crippen LogP contribution < -0.4 is 0 Å². The average Bonchev–Trinajstić information content (AvgIpc) is 2.65. The summed E-state index contributed by atoms with van der Waals surface area (Å²) in [6.45, 7) is 9.37. The number of rotatable bonds is 4. The van der Waals surface area contributed by atoms with Crippen LogP contribution in [0.15, 0.2) is 11.6 Å². The van der Waals surface area contributed by atoms with Crippen LogP contribution in [0.1, 0.15) is 40.5 Å². The van der Waals surface area contributed by atoms with Crippen molar-refractivity contribution in [2.75, 3.05) is 0 Å². The average molecular weight is 152 g/mol. The van der Waals surface area contributed by atoms with Gasteiger partial charge in [0.05, 0.1) is 0 Å². The molecule has 1 aliphatic rings. The molecule has 0 radical (unpaired) electrons. The summed E-state index contributed by atoms with van der Waals surface area (Å²) in [4.78, 5) is 0. The largest absolute Gasteiger partial charge is 0.0807 e. The van der Waals surface area contributed by atoms with E-state index in [0.29, 0.717) is 0 Å². The van der Waals surface area contributed by atoms with Crippen molar-refractivity contribution in [3.8, 4) is 0 Å². The lowest BCUT2D eigenvalue weighted by molar-refractivity contribution is 0.362. The van der Waals surface area contributed by atoms with Gasteiger partial charge in [0.15, 0.2) is 0 Å². The van der Waals surface area contributed by atoms with Crippen molar-refractivity contribution in [2.24, 2.45) is 17.8 Å². The molecule has 0 spiro atoms. The molecule has 0 aliphatic heterocycles. The lowest BCUT2D eigenvalue weighted by atomic mass is 9.86. The summed E-state index contributed by atoms with van der Waals surface area (Å²) in [6.07, 6.45) is 5.03. The smallest absolute Gasteiger partial charge is 0.0133 e. The third kappa shape index (κ3) is 2.69. The molecule has 2 atom stereocenters. The molecule has 0 aromatic heterocycles. The van der Waals surface area contributed by atoms with Gasteiger partial charge in [-0.15, -0.1) is 0 Å². The molecular formula is C11H20.